The molecule has 2 aromatic heterocycles. The third-order valence-corrected chi connectivity index (χ3v) is 4.74. The predicted molar refractivity (Wildman–Crippen MR) is 93.9 cm³/mol. The first-order valence-electron chi connectivity index (χ1n) is 7.26. The van der Waals surface area contributed by atoms with E-state index in [4.69, 9.17) is 19.0 Å². The number of nitrogens with zero attached hydrogens (tertiary/aromatic N) is 2. The minimum Gasteiger partial charge on any atom is -0.488 e. The average Bonchev–Trinajstić information content (AvgIpc) is 2.59. The first-order chi connectivity index (χ1) is 11.5. The summed E-state index contributed by atoms with van der Waals surface area (Å²) in [6.07, 6.45) is 4.95. The van der Waals surface area contributed by atoms with E-state index in [1.54, 1.807) is 31.8 Å². The molecule has 124 valence electrons. The van der Waals surface area contributed by atoms with Crippen molar-refractivity contribution in [2.45, 2.75) is 11.5 Å². The zero-order valence-corrected chi connectivity index (χ0v) is 14.3. The molecule has 6 nitrogen and oxygen atoms in total. The molecule has 0 aliphatic heterocycles. The zero-order valence-electron chi connectivity index (χ0n) is 13.4. The van der Waals surface area contributed by atoms with Crippen LogP contribution in [0.25, 0.3) is 10.9 Å². The van der Waals surface area contributed by atoms with Crippen LogP contribution < -0.4 is 9.47 Å². The average molecular weight is 342 g/mol. The van der Waals surface area contributed by atoms with Crippen molar-refractivity contribution in [3.05, 3.63) is 54.4 Å². The SMILES string of the molecule is COc1nccc2c(OCc3cccc(S(C)(=N)=N)c3)ccnc12. The topological polar surface area (TPSA) is 91.9 Å². The molecule has 0 spiro atoms. The van der Waals surface area contributed by atoms with Crippen molar-refractivity contribution >= 4 is 20.5 Å². The standard InChI is InChI=1S/C17H18N4O2S/c1-22-17-16-14(6-8-21-17)15(7-9-20-16)23-11-12-4-3-5-13(10-12)24(2,18)19/h3-10,18-19H,11H2,1-2H3. The molecule has 3 aromatic rings. The van der Waals surface area contributed by atoms with Gasteiger partial charge in [0, 0.05) is 28.9 Å². The number of pyridine rings is 2. The summed E-state index contributed by atoms with van der Waals surface area (Å²) < 4.78 is 27.0. The lowest BCUT2D eigenvalue weighted by Crippen LogP contribution is -2.00. The largest absolute Gasteiger partial charge is 0.488 e. The Morgan fingerprint density at radius 3 is 2.62 bits per heavy atom. The Hall–Kier alpha value is -2.67. The number of hydrogen-bond donors (Lipinski definition) is 2. The molecule has 0 saturated carbocycles. The molecule has 1 aromatic carbocycles. The van der Waals surface area contributed by atoms with E-state index in [1.165, 1.54) is 0 Å². The molecular weight excluding hydrogens is 324 g/mol. The van der Waals surface area contributed by atoms with Crippen LogP contribution in [0.5, 0.6) is 11.6 Å². The second-order valence-corrected chi connectivity index (χ2v) is 7.69. The zero-order chi connectivity index (χ0) is 17.2. The van der Waals surface area contributed by atoms with Crippen LogP contribution in [0, 0.1) is 9.56 Å². The monoisotopic (exact) mass is 342 g/mol. The molecule has 2 heterocycles. The van der Waals surface area contributed by atoms with Gasteiger partial charge in [-0.05, 0) is 39.4 Å². The Morgan fingerprint density at radius 2 is 1.88 bits per heavy atom. The highest BCUT2D eigenvalue weighted by molar-refractivity contribution is 7.92. The van der Waals surface area contributed by atoms with Crippen molar-refractivity contribution in [2.75, 3.05) is 13.4 Å². The van der Waals surface area contributed by atoms with E-state index in [1.807, 2.05) is 30.3 Å². The van der Waals surface area contributed by atoms with Gasteiger partial charge < -0.3 is 9.47 Å². The number of nitrogens with one attached hydrogen (secondary N) is 2. The van der Waals surface area contributed by atoms with Gasteiger partial charge in [-0.25, -0.2) is 4.98 Å². The fourth-order valence-electron chi connectivity index (χ4n) is 2.35. The molecular formula is C17H18N4O2S. The fraction of sp³-hybridized carbons (Fsp3) is 0.176. The maximum atomic E-state index is 7.90. The highest BCUT2D eigenvalue weighted by Gasteiger charge is 2.09. The van der Waals surface area contributed by atoms with Crippen molar-refractivity contribution in [2.24, 2.45) is 0 Å². The lowest BCUT2D eigenvalue weighted by Gasteiger charge is -2.11. The summed E-state index contributed by atoms with van der Waals surface area (Å²) in [5, 5.41) is 0.831. The van der Waals surface area contributed by atoms with E-state index in [2.05, 4.69) is 9.97 Å². The third-order valence-electron chi connectivity index (χ3n) is 3.54. The van der Waals surface area contributed by atoms with Crippen LogP contribution in [0.4, 0.5) is 0 Å². The van der Waals surface area contributed by atoms with Gasteiger partial charge in [0.15, 0.2) is 0 Å². The van der Waals surface area contributed by atoms with Crippen LogP contribution in [0.2, 0.25) is 0 Å². The number of fused-ring (bicyclic) bond motifs is 1. The molecule has 2 N–H and O–H groups in total. The number of ether oxygens (including phenoxy) is 2. The second kappa shape index (κ2) is 6.45. The van der Waals surface area contributed by atoms with E-state index in [0.717, 1.165) is 10.9 Å². The van der Waals surface area contributed by atoms with Crippen LogP contribution in [-0.4, -0.2) is 23.3 Å². The third kappa shape index (κ3) is 3.30. The molecule has 0 unspecified atom stereocenters. The molecule has 3 rings (SSSR count). The summed E-state index contributed by atoms with van der Waals surface area (Å²) in [5.41, 5.74) is 1.58. The summed E-state index contributed by atoms with van der Waals surface area (Å²) >= 11 is 0. The van der Waals surface area contributed by atoms with E-state index in [0.29, 0.717) is 28.6 Å². The minimum atomic E-state index is -2.24. The first kappa shape index (κ1) is 16.2. The van der Waals surface area contributed by atoms with Gasteiger partial charge in [0.25, 0.3) is 0 Å². The molecule has 7 heteroatoms. The van der Waals surface area contributed by atoms with Crippen molar-refractivity contribution in [3.8, 4) is 11.6 Å². The molecule has 0 saturated heterocycles. The van der Waals surface area contributed by atoms with Crippen molar-refractivity contribution in [1.29, 1.82) is 9.56 Å². The van der Waals surface area contributed by atoms with Gasteiger partial charge in [0.2, 0.25) is 5.88 Å². The number of aromatic nitrogens is 2. The van der Waals surface area contributed by atoms with E-state index in [9.17, 15) is 0 Å². The summed E-state index contributed by atoms with van der Waals surface area (Å²) in [5.74, 6) is 1.15. The number of benzene rings is 1. The van der Waals surface area contributed by atoms with Crippen LogP contribution in [-0.2, 0) is 16.2 Å². The quantitative estimate of drug-likeness (QED) is 0.736. The van der Waals surface area contributed by atoms with Gasteiger partial charge in [-0.2, -0.15) is 0 Å². The van der Waals surface area contributed by atoms with Gasteiger partial charge >= 0.3 is 0 Å². The molecule has 24 heavy (non-hydrogen) atoms. The van der Waals surface area contributed by atoms with Crippen molar-refractivity contribution < 1.29 is 9.47 Å². The lowest BCUT2D eigenvalue weighted by molar-refractivity contribution is 0.309. The normalized spacial score (nSPS) is 11.4. The van der Waals surface area contributed by atoms with Gasteiger partial charge in [0.05, 0.1) is 7.11 Å². The Morgan fingerprint density at radius 1 is 1.08 bits per heavy atom. The maximum Gasteiger partial charge on any atom is 0.240 e. The molecule has 0 fully saturated rings. The summed E-state index contributed by atoms with van der Waals surface area (Å²) in [7, 11) is -0.683. The molecule has 0 aliphatic carbocycles. The Kier molecular flexibility index (Phi) is 4.35. The van der Waals surface area contributed by atoms with Crippen molar-refractivity contribution in [3.63, 3.8) is 0 Å². The Bertz CT molecular complexity index is 987. The van der Waals surface area contributed by atoms with Crippen LogP contribution >= 0.6 is 0 Å². The lowest BCUT2D eigenvalue weighted by atomic mass is 10.2. The fourth-order valence-corrected chi connectivity index (χ4v) is 3.09. The highest BCUT2D eigenvalue weighted by Crippen LogP contribution is 2.29. The van der Waals surface area contributed by atoms with Gasteiger partial charge in [-0.1, -0.05) is 12.1 Å². The Labute approximate surface area is 140 Å². The van der Waals surface area contributed by atoms with Crippen LogP contribution in [0.1, 0.15) is 5.56 Å². The Balaban J connectivity index is 1.89. The predicted octanol–water partition coefficient (Wildman–Crippen LogP) is 3.88. The van der Waals surface area contributed by atoms with Gasteiger partial charge in [-0.3, -0.25) is 14.5 Å². The van der Waals surface area contributed by atoms with Crippen LogP contribution in [0.3, 0.4) is 0 Å². The number of methoxy groups -OCH3 is 1. The second-order valence-electron chi connectivity index (χ2n) is 5.38. The number of rotatable bonds is 5. The molecule has 0 atom stereocenters. The molecule has 0 radical (unpaired) electrons. The molecule has 0 aliphatic rings. The maximum absolute atomic E-state index is 7.90. The molecule has 0 bridgehead atoms. The first-order valence-corrected chi connectivity index (χ1v) is 9.30. The van der Waals surface area contributed by atoms with Crippen LogP contribution in [0.15, 0.2) is 53.7 Å². The van der Waals surface area contributed by atoms with Gasteiger partial charge in [0.1, 0.15) is 17.9 Å². The van der Waals surface area contributed by atoms with Gasteiger partial charge in [-0.15, -0.1) is 0 Å². The number of hydrogen-bond acceptors (Lipinski definition) is 6. The molecule has 0 amide bonds. The highest BCUT2D eigenvalue weighted by atomic mass is 32.2. The van der Waals surface area contributed by atoms with E-state index < -0.39 is 9.62 Å². The smallest absolute Gasteiger partial charge is 0.240 e. The van der Waals surface area contributed by atoms with Crippen molar-refractivity contribution in [1.82, 2.24) is 9.97 Å². The van der Waals surface area contributed by atoms with E-state index in [-0.39, 0.29) is 0 Å². The minimum absolute atomic E-state index is 0.354. The summed E-state index contributed by atoms with van der Waals surface area (Å²) in [6, 6.07) is 11.1. The summed E-state index contributed by atoms with van der Waals surface area (Å²) in [4.78, 5) is 9.16. The van der Waals surface area contributed by atoms with E-state index >= 15 is 0 Å². The summed E-state index contributed by atoms with van der Waals surface area (Å²) in [6.45, 7) is 0.354.